The molecule has 17 heavy (non-hydrogen) atoms. The molecule has 0 aromatic heterocycles. The Balaban J connectivity index is 2.15. The third kappa shape index (κ3) is 1.73. The highest BCUT2D eigenvalue weighted by atomic mass is 32.2. The minimum Gasteiger partial charge on any atom is -0.397 e. The van der Waals surface area contributed by atoms with Crippen molar-refractivity contribution >= 4 is 17.4 Å². The first-order chi connectivity index (χ1) is 8.27. The average Bonchev–Trinajstić information content (AvgIpc) is 2.74. The van der Waals surface area contributed by atoms with Crippen LogP contribution in [0.2, 0.25) is 0 Å². The van der Waals surface area contributed by atoms with Gasteiger partial charge in [0.05, 0.1) is 5.69 Å². The molecule has 0 saturated carbocycles. The Hall–Kier alpha value is -1.41. The zero-order valence-corrected chi connectivity index (χ0v) is 10.6. The largest absolute Gasteiger partial charge is 0.397 e. The summed E-state index contributed by atoms with van der Waals surface area (Å²) in [7, 11) is 0. The molecule has 1 atom stereocenters. The third-order valence-electron chi connectivity index (χ3n) is 3.32. The lowest BCUT2D eigenvalue weighted by molar-refractivity contribution is 0.884. The number of nitrogens with two attached hydrogens (primary N) is 1. The normalized spacial score (nSPS) is 18.1. The zero-order chi connectivity index (χ0) is 11.8. The predicted octanol–water partition coefficient (Wildman–Crippen LogP) is 4.15. The maximum Gasteiger partial charge on any atom is 0.0534 e. The number of nitrogen functional groups attached to an aromatic ring is 1. The number of hydrogen-bond donors (Lipinski definition) is 1. The number of benzene rings is 2. The van der Waals surface area contributed by atoms with E-state index in [-0.39, 0.29) is 0 Å². The van der Waals surface area contributed by atoms with Crippen LogP contribution in [0.4, 0.5) is 5.69 Å². The molecule has 0 spiro atoms. The fourth-order valence-corrected chi connectivity index (χ4v) is 3.63. The molecule has 2 aromatic carbocycles. The summed E-state index contributed by atoms with van der Waals surface area (Å²) in [4.78, 5) is 1.29. The smallest absolute Gasteiger partial charge is 0.0534 e. The molecule has 3 rings (SSSR count). The van der Waals surface area contributed by atoms with Crippen LogP contribution in [0.5, 0.6) is 0 Å². The Labute approximate surface area is 106 Å². The molecular weight excluding hydrogens is 226 g/mol. The van der Waals surface area contributed by atoms with Crippen molar-refractivity contribution in [2.24, 2.45) is 0 Å². The fourth-order valence-electron chi connectivity index (χ4n) is 2.33. The highest BCUT2D eigenvalue weighted by Gasteiger charge is 2.22. The van der Waals surface area contributed by atoms with Gasteiger partial charge in [-0.05, 0) is 17.0 Å². The van der Waals surface area contributed by atoms with Gasteiger partial charge in [0.1, 0.15) is 0 Å². The molecule has 0 amide bonds. The quantitative estimate of drug-likeness (QED) is 0.759. The summed E-state index contributed by atoms with van der Waals surface area (Å²) in [5.41, 5.74) is 11.0. The van der Waals surface area contributed by atoms with Gasteiger partial charge in [0.25, 0.3) is 0 Å². The van der Waals surface area contributed by atoms with Crippen LogP contribution < -0.4 is 5.73 Å². The lowest BCUT2D eigenvalue weighted by Crippen LogP contribution is -1.95. The van der Waals surface area contributed by atoms with Crippen molar-refractivity contribution in [3.63, 3.8) is 0 Å². The van der Waals surface area contributed by atoms with Crippen LogP contribution >= 0.6 is 11.8 Å². The van der Waals surface area contributed by atoms with E-state index in [0.717, 1.165) is 17.0 Å². The van der Waals surface area contributed by atoms with Crippen molar-refractivity contribution in [1.82, 2.24) is 0 Å². The van der Waals surface area contributed by atoms with E-state index in [0.29, 0.717) is 5.92 Å². The van der Waals surface area contributed by atoms with E-state index in [2.05, 4.69) is 43.3 Å². The predicted molar refractivity (Wildman–Crippen MR) is 75.4 cm³/mol. The average molecular weight is 241 g/mol. The van der Waals surface area contributed by atoms with Crippen LogP contribution in [-0.4, -0.2) is 5.75 Å². The van der Waals surface area contributed by atoms with Gasteiger partial charge in [0, 0.05) is 16.2 Å². The summed E-state index contributed by atoms with van der Waals surface area (Å²) in [6.07, 6.45) is 0. The van der Waals surface area contributed by atoms with Gasteiger partial charge >= 0.3 is 0 Å². The van der Waals surface area contributed by atoms with Crippen LogP contribution in [-0.2, 0) is 0 Å². The molecule has 1 aliphatic rings. The first-order valence-corrected chi connectivity index (χ1v) is 6.86. The van der Waals surface area contributed by atoms with Crippen molar-refractivity contribution in [3.8, 4) is 11.1 Å². The first kappa shape index (κ1) is 10.7. The van der Waals surface area contributed by atoms with E-state index in [1.165, 1.54) is 16.0 Å². The van der Waals surface area contributed by atoms with Crippen LogP contribution in [0, 0.1) is 0 Å². The van der Waals surface area contributed by atoms with E-state index in [1.54, 1.807) is 0 Å². The highest BCUT2D eigenvalue weighted by molar-refractivity contribution is 7.99. The van der Waals surface area contributed by atoms with Crippen molar-refractivity contribution in [3.05, 3.63) is 48.0 Å². The summed E-state index contributed by atoms with van der Waals surface area (Å²) in [6, 6.07) is 14.8. The van der Waals surface area contributed by atoms with Gasteiger partial charge in [-0.15, -0.1) is 11.8 Å². The topological polar surface area (TPSA) is 26.0 Å². The van der Waals surface area contributed by atoms with Gasteiger partial charge < -0.3 is 5.73 Å². The molecule has 1 heterocycles. The van der Waals surface area contributed by atoms with Gasteiger partial charge in [0.15, 0.2) is 0 Å². The fraction of sp³-hybridized carbons (Fsp3) is 0.200. The molecule has 2 N–H and O–H groups in total. The van der Waals surface area contributed by atoms with Crippen LogP contribution in [0.25, 0.3) is 11.1 Å². The molecule has 2 aromatic rings. The van der Waals surface area contributed by atoms with Crippen molar-refractivity contribution in [2.45, 2.75) is 17.7 Å². The summed E-state index contributed by atoms with van der Waals surface area (Å²) in [5.74, 6) is 1.78. The summed E-state index contributed by atoms with van der Waals surface area (Å²) in [5, 5.41) is 0. The van der Waals surface area contributed by atoms with E-state index in [1.807, 2.05) is 17.8 Å². The summed E-state index contributed by atoms with van der Waals surface area (Å²) in [6.45, 7) is 2.26. The Morgan fingerprint density at radius 2 is 1.88 bits per heavy atom. The highest BCUT2D eigenvalue weighted by Crippen LogP contribution is 2.45. The molecular formula is C15H15NS. The molecule has 1 nitrogen and oxygen atoms in total. The number of fused-ring (bicyclic) bond motifs is 1. The Morgan fingerprint density at radius 3 is 2.65 bits per heavy atom. The molecule has 0 radical (unpaired) electrons. The number of rotatable bonds is 1. The van der Waals surface area contributed by atoms with E-state index in [9.17, 15) is 0 Å². The lowest BCUT2D eigenvalue weighted by atomic mass is 9.97. The van der Waals surface area contributed by atoms with Crippen molar-refractivity contribution in [1.29, 1.82) is 0 Å². The van der Waals surface area contributed by atoms with Crippen molar-refractivity contribution < 1.29 is 0 Å². The lowest BCUT2D eigenvalue weighted by Gasteiger charge is -2.11. The SMILES string of the molecule is CC1CSc2c1ccc(-c1ccccc1)c2N. The van der Waals surface area contributed by atoms with Gasteiger partial charge in [-0.3, -0.25) is 0 Å². The van der Waals surface area contributed by atoms with Crippen LogP contribution in [0.3, 0.4) is 0 Å². The molecule has 0 fully saturated rings. The Bertz CT molecular complexity index is 548. The van der Waals surface area contributed by atoms with Gasteiger partial charge in [0.2, 0.25) is 0 Å². The Morgan fingerprint density at radius 1 is 1.12 bits per heavy atom. The molecule has 0 saturated heterocycles. The summed E-state index contributed by atoms with van der Waals surface area (Å²) < 4.78 is 0. The molecule has 0 aliphatic carbocycles. The van der Waals surface area contributed by atoms with Crippen LogP contribution in [0.1, 0.15) is 18.4 Å². The molecule has 2 heteroatoms. The second kappa shape index (κ2) is 4.11. The van der Waals surface area contributed by atoms with E-state index < -0.39 is 0 Å². The number of hydrogen-bond acceptors (Lipinski definition) is 2. The minimum atomic E-state index is 0.627. The van der Waals surface area contributed by atoms with Gasteiger partial charge in [-0.1, -0.05) is 49.4 Å². The molecule has 1 aliphatic heterocycles. The van der Waals surface area contributed by atoms with E-state index >= 15 is 0 Å². The standard InChI is InChI=1S/C15H15NS/c1-10-9-17-15-12(10)7-8-13(14(15)16)11-5-3-2-4-6-11/h2-8,10H,9,16H2,1H3. The number of anilines is 1. The van der Waals surface area contributed by atoms with Gasteiger partial charge in [-0.2, -0.15) is 0 Å². The Kier molecular flexibility index (Phi) is 2.60. The van der Waals surface area contributed by atoms with Crippen molar-refractivity contribution in [2.75, 3.05) is 11.5 Å². The maximum atomic E-state index is 6.31. The summed E-state index contributed by atoms with van der Waals surface area (Å²) >= 11 is 1.89. The second-order valence-corrected chi connectivity index (χ2v) is 5.55. The minimum absolute atomic E-state index is 0.627. The third-order valence-corrected chi connectivity index (χ3v) is 4.73. The first-order valence-electron chi connectivity index (χ1n) is 5.88. The van der Waals surface area contributed by atoms with Gasteiger partial charge in [-0.25, -0.2) is 0 Å². The molecule has 86 valence electrons. The van der Waals surface area contributed by atoms with E-state index in [4.69, 9.17) is 5.73 Å². The maximum absolute atomic E-state index is 6.31. The molecule has 0 bridgehead atoms. The van der Waals surface area contributed by atoms with Crippen LogP contribution in [0.15, 0.2) is 47.4 Å². The molecule has 1 unspecified atom stereocenters. The number of thioether (sulfide) groups is 1. The monoisotopic (exact) mass is 241 g/mol. The zero-order valence-electron chi connectivity index (χ0n) is 9.81. The second-order valence-electron chi connectivity index (χ2n) is 4.52.